The average Bonchev–Trinajstić information content (AvgIpc) is 3.18. The number of hydrogen-bond acceptors (Lipinski definition) is 2. The molecule has 0 radical (unpaired) electrons. The lowest BCUT2D eigenvalue weighted by Crippen LogP contribution is -2.24. The third-order valence-corrected chi connectivity index (χ3v) is 3.42. The predicted octanol–water partition coefficient (Wildman–Crippen LogP) is 3.41. The van der Waals surface area contributed by atoms with Crippen molar-refractivity contribution in [3.63, 3.8) is 0 Å². The van der Waals surface area contributed by atoms with E-state index in [0.29, 0.717) is 12.1 Å². The van der Waals surface area contributed by atoms with Gasteiger partial charge in [-0.1, -0.05) is 13.0 Å². The van der Waals surface area contributed by atoms with Crippen molar-refractivity contribution in [1.29, 1.82) is 0 Å². The Labute approximate surface area is 111 Å². The van der Waals surface area contributed by atoms with Gasteiger partial charge in [-0.15, -0.1) is 0 Å². The zero-order chi connectivity index (χ0) is 14.0. The molecule has 0 saturated heterocycles. The summed E-state index contributed by atoms with van der Waals surface area (Å²) in [6.45, 7) is 3.14. The van der Waals surface area contributed by atoms with E-state index in [1.54, 1.807) is 24.1 Å². The number of anilines is 1. The maximum Gasteiger partial charge on any atom is 0.418 e. The topological polar surface area (TPSA) is 15.3 Å². The van der Waals surface area contributed by atoms with Crippen molar-refractivity contribution in [3.05, 3.63) is 29.3 Å². The molecule has 2 nitrogen and oxygen atoms in total. The Balaban J connectivity index is 2.31. The summed E-state index contributed by atoms with van der Waals surface area (Å²) in [7, 11) is 1.74. The summed E-state index contributed by atoms with van der Waals surface area (Å²) in [5, 5.41) is 3.05. The third kappa shape index (κ3) is 3.41. The zero-order valence-electron chi connectivity index (χ0n) is 11.2. The molecule has 1 N–H and O–H groups in total. The van der Waals surface area contributed by atoms with E-state index in [9.17, 15) is 13.2 Å². The number of nitrogens with one attached hydrogen (secondary N) is 1. The Morgan fingerprint density at radius 2 is 2.00 bits per heavy atom. The highest BCUT2D eigenvalue weighted by Crippen LogP contribution is 2.40. The molecule has 0 bridgehead atoms. The van der Waals surface area contributed by atoms with Gasteiger partial charge in [0, 0.05) is 25.3 Å². The summed E-state index contributed by atoms with van der Waals surface area (Å²) in [6, 6.07) is 4.89. The van der Waals surface area contributed by atoms with Crippen LogP contribution in [0.15, 0.2) is 18.2 Å². The molecule has 5 heteroatoms. The average molecular weight is 272 g/mol. The maximum absolute atomic E-state index is 13.1. The van der Waals surface area contributed by atoms with Crippen LogP contribution in [-0.4, -0.2) is 19.6 Å². The standard InChI is InChI=1S/C14H19F3N2/c1-3-18-9-10-4-7-13(19(2)11-5-6-11)12(8-10)14(15,16)17/h4,7-8,11,18H,3,5-6,9H2,1-2H3. The second-order valence-corrected chi connectivity index (χ2v) is 4.97. The van der Waals surface area contributed by atoms with Crippen molar-refractivity contribution in [3.8, 4) is 0 Å². The van der Waals surface area contributed by atoms with E-state index in [-0.39, 0.29) is 11.7 Å². The fourth-order valence-electron chi connectivity index (χ4n) is 2.16. The van der Waals surface area contributed by atoms with Gasteiger partial charge in [-0.25, -0.2) is 0 Å². The second kappa shape index (κ2) is 5.41. The van der Waals surface area contributed by atoms with Gasteiger partial charge in [0.1, 0.15) is 0 Å². The van der Waals surface area contributed by atoms with Crippen LogP contribution in [0.25, 0.3) is 0 Å². The monoisotopic (exact) mass is 272 g/mol. The molecule has 0 atom stereocenters. The molecule has 0 heterocycles. The van der Waals surface area contributed by atoms with Crippen LogP contribution in [0.5, 0.6) is 0 Å². The SMILES string of the molecule is CCNCc1ccc(N(C)C2CC2)c(C(F)(F)F)c1. The lowest BCUT2D eigenvalue weighted by Gasteiger charge is -2.24. The molecule has 1 aliphatic rings. The summed E-state index contributed by atoms with van der Waals surface area (Å²) < 4.78 is 39.4. The first-order valence-corrected chi connectivity index (χ1v) is 6.57. The molecule has 1 aromatic carbocycles. The molecule has 1 aromatic rings. The molecular formula is C14H19F3N2. The summed E-state index contributed by atoms with van der Waals surface area (Å²) in [5.41, 5.74) is 0.426. The Hall–Kier alpha value is -1.23. The summed E-state index contributed by atoms with van der Waals surface area (Å²) >= 11 is 0. The molecule has 0 amide bonds. The van der Waals surface area contributed by atoms with Gasteiger partial charge < -0.3 is 10.2 Å². The minimum atomic E-state index is -4.30. The van der Waals surface area contributed by atoms with Gasteiger partial charge in [0.2, 0.25) is 0 Å². The predicted molar refractivity (Wildman–Crippen MR) is 70.2 cm³/mol. The second-order valence-electron chi connectivity index (χ2n) is 4.97. The van der Waals surface area contributed by atoms with Crippen LogP contribution in [0.2, 0.25) is 0 Å². The van der Waals surface area contributed by atoms with Crippen molar-refractivity contribution in [2.45, 2.75) is 38.5 Å². The van der Waals surface area contributed by atoms with E-state index < -0.39 is 11.7 Å². The lowest BCUT2D eigenvalue weighted by molar-refractivity contribution is -0.137. The van der Waals surface area contributed by atoms with Gasteiger partial charge in [-0.05, 0) is 37.1 Å². The molecule has 19 heavy (non-hydrogen) atoms. The Morgan fingerprint density at radius 1 is 1.32 bits per heavy atom. The van der Waals surface area contributed by atoms with Gasteiger partial charge in [0.25, 0.3) is 0 Å². The number of nitrogens with zero attached hydrogens (tertiary/aromatic N) is 1. The quantitative estimate of drug-likeness (QED) is 0.883. The van der Waals surface area contributed by atoms with Crippen LogP contribution in [0, 0.1) is 0 Å². The van der Waals surface area contributed by atoms with E-state index in [1.165, 1.54) is 6.07 Å². The molecule has 106 valence electrons. The largest absolute Gasteiger partial charge is 0.418 e. The lowest BCUT2D eigenvalue weighted by atomic mass is 10.1. The van der Waals surface area contributed by atoms with Crippen LogP contribution in [0.3, 0.4) is 0 Å². The summed E-state index contributed by atoms with van der Waals surface area (Å²) in [5.74, 6) is 0. The Kier molecular flexibility index (Phi) is 4.04. The number of halogens is 3. The van der Waals surface area contributed by atoms with E-state index in [4.69, 9.17) is 0 Å². The van der Waals surface area contributed by atoms with Gasteiger partial charge in [-0.3, -0.25) is 0 Å². The van der Waals surface area contributed by atoms with Crippen LogP contribution in [-0.2, 0) is 12.7 Å². The van der Waals surface area contributed by atoms with Crippen molar-refractivity contribution < 1.29 is 13.2 Å². The van der Waals surface area contributed by atoms with Gasteiger partial charge in [0.05, 0.1) is 5.56 Å². The molecule has 2 rings (SSSR count). The molecule has 1 fully saturated rings. The number of hydrogen-bond donors (Lipinski definition) is 1. The maximum atomic E-state index is 13.1. The van der Waals surface area contributed by atoms with E-state index in [1.807, 2.05) is 6.92 Å². The highest BCUT2D eigenvalue weighted by molar-refractivity contribution is 5.57. The normalized spacial score (nSPS) is 15.6. The minimum Gasteiger partial charge on any atom is -0.371 e. The highest BCUT2D eigenvalue weighted by atomic mass is 19.4. The molecular weight excluding hydrogens is 253 g/mol. The van der Waals surface area contributed by atoms with Crippen molar-refractivity contribution in [2.24, 2.45) is 0 Å². The zero-order valence-corrected chi connectivity index (χ0v) is 11.2. The van der Waals surface area contributed by atoms with Crippen LogP contribution in [0.4, 0.5) is 18.9 Å². The van der Waals surface area contributed by atoms with Gasteiger partial charge in [-0.2, -0.15) is 13.2 Å². The van der Waals surface area contributed by atoms with Crippen molar-refractivity contribution in [2.75, 3.05) is 18.5 Å². The molecule has 1 saturated carbocycles. The van der Waals surface area contributed by atoms with E-state index in [2.05, 4.69) is 5.32 Å². The summed E-state index contributed by atoms with van der Waals surface area (Å²) in [4.78, 5) is 1.75. The van der Waals surface area contributed by atoms with E-state index in [0.717, 1.165) is 19.4 Å². The highest BCUT2D eigenvalue weighted by Gasteiger charge is 2.37. The fraction of sp³-hybridized carbons (Fsp3) is 0.571. The minimum absolute atomic E-state index is 0.265. The van der Waals surface area contributed by atoms with Crippen LogP contribution >= 0.6 is 0 Å². The van der Waals surface area contributed by atoms with Gasteiger partial charge in [0.15, 0.2) is 0 Å². The number of rotatable bonds is 5. The first-order valence-electron chi connectivity index (χ1n) is 6.57. The van der Waals surface area contributed by atoms with Gasteiger partial charge >= 0.3 is 6.18 Å². The first kappa shape index (κ1) is 14.2. The molecule has 0 spiro atoms. The van der Waals surface area contributed by atoms with E-state index >= 15 is 0 Å². The third-order valence-electron chi connectivity index (χ3n) is 3.42. The molecule has 0 aromatic heterocycles. The first-order chi connectivity index (χ1) is 8.93. The molecule has 0 unspecified atom stereocenters. The van der Waals surface area contributed by atoms with Crippen molar-refractivity contribution >= 4 is 5.69 Å². The number of benzene rings is 1. The summed E-state index contributed by atoms with van der Waals surface area (Å²) in [6.07, 6.45) is -2.35. The Bertz CT molecular complexity index is 439. The van der Waals surface area contributed by atoms with Crippen molar-refractivity contribution in [1.82, 2.24) is 5.32 Å². The number of alkyl halides is 3. The Morgan fingerprint density at radius 3 is 2.53 bits per heavy atom. The van der Waals surface area contributed by atoms with Crippen LogP contribution < -0.4 is 10.2 Å². The molecule has 1 aliphatic carbocycles. The smallest absolute Gasteiger partial charge is 0.371 e. The fourth-order valence-corrected chi connectivity index (χ4v) is 2.16. The van der Waals surface area contributed by atoms with Crippen LogP contribution in [0.1, 0.15) is 30.9 Å². The molecule has 0 aliphatic heterocycles.